The molecule has 2 fully saturated rings. The fraction of sp³-hybridized carbons (Fsp3) is 0.458. The van der Waals surface area contributed by atoms with Crippen LogP contribution in [0, 0.1) is 0 Å². The van der Waals surface area contributed by atoms with Crippen LogP contribution in [0.1, 0.15) is 37.3 Å². The van der Waals surface area contributed by atoms with E-state index in [-0.39, 0.29) is 11.8 Å². The first-order valence-electron chi connectivity index (χ1n) is 11.3. The number of likely N-dealkylation sites (N-methyl/N-ethyl adjacent to an activating group) is 1. The molecule has 2 N–H and O–H groups in total. The molecule has 2 aliphatic heterocycles. The van der Waals surface area contributed by atoms with Crippen molar-refractivity contribution in [3.05, 3.63) is 36.0 Å². The van der Waals surface area contributed by atoms with Gasteiger partial charge in [0.05, 0.1) is 11.3 Å². The lowest BCUT2D eigenvalue weighted by Gasteiger charge is -2.31. The molecule has 0 spiro atoms. The van der Waals surface area contributed by atoms with Gasteiger partial charge in [-0.2, -0.15) is 0 Å². The van der Waals surface area contributed by atoms with Crippen LogP contribution >= 0.6 is 0 Å². The Balaban J connectivity index is 1.34. The molecule has 0 bridgehead atoms. The molecule has 2 saturated heterocycles. The van der Waals surface area contributed by atoms with Crippen molar-refractivity contribution in [1.29, 1.82) is 0 Å². The van der Waals surface area contributed by atoms with Crippen LogP contribution in [0.3, 0.4) is 0 Å². The number of carbonyl (C=O) groups excluding carboxylic acids is 2. The van der Waals surface area contributed by atoms with E-state index in [1.54, 1.807) is 0 Å². The third-order valence-corrected chi connectivity index (χ3v) is 6.67. The lowest BCUT2D eigenvalue weighted by molar-refractivity contribution is -0.134. The average molecular weight is 437 g/mol. The fourth-order valence-corrected chi connectivity index (χ4v) is 4.79. The minimum atomic E-state index is -0.485. The van der Waals surface area contributed by atoms with Gasteiger partial charge in [0.25, 0.3) is 0 Å². The summed E-state index contributed by atoms with van der Waals surface area (Å²) in [6.45, 7) is 3.67. The SMILES string of the molecule is CN(CCOc1ccc2c(ccc3onc([C@H]4CCC(=O)NC4=O)c32)c1)C1CCNCC1. The molecule has 0 radical (unpaired) electrons. The minimum absolute atomic E-state index is 0.239. The number of hydrogen-bond acceptors (Lipinski definition) is 7. The van der Waals surface area contributed by atoms with E-state index >= 15 is 0 Å². The smallest absolute Gasteiger partial charge is 0.235 e. The number of fused-ring (bicyclic) bond motifs is 3. The topological polar surface area (TPSA) is 96.7 Å². The number of amides is 2. The molecule has 3 heterocycles. The Morgan fingerprint density at radius 1 is 1.16 bits per heavy atom. The van der Waals surface area contributed by atoms with Gasteiger partial charge in [-0.3, -0.25) is 19.8 Å². The third-order valence-electron chi connectivity index (χ3n) is 6.67. The van der Waals surface area contributed by atoms with Crippen molar-refractivity contribution in [2.45, 2.75) is 37.6 Å². The number of piperidine rings is 2. The molecule has 2 amide bonds. The van der Waals surface area contributed by atoms with Crippen LogP contribution in [0.4, 0.5) is 0 Å². The molecule has 8 heteroatoms. The second kappa shape index (κ2) is 8.88. The predicted octanol–water partition coefficient (Wildman–Crippen LogP) is 2.56. The van der Waals surface area contributed by atoms with Crippen LogP contribution < -0.4 is 15.4 Å². The number of hydrogen-bond donors (Lipinski definition) is 2. The predicted molar refractivity (Wildman–Crippen MR) is 121 cm³/mol. The second-order valence-electron chi connectivity index (χ2n) is 8.70. The summed E-state index contributed by atoms with van der Waals surface area (Å²) in [7, 11) is 2.17. The summed E-state index contributed by atoms with van der Waals surface area (Å²) < 4.78 is 11.6. The summed E-state index contributed by atoms with van der Waals surface area (Å²) in [6, 6.07) is 10.4. The molecule has 0 aliphatic carbocycles. The molecule has 32 heavy (non-hydrogen) atoms. The number of benzene rings is 2. The first-order chi connectivity index (χ1) is 15.6. The van der Waals surface area contributed by atoms with E-state index in [2.05, 4.69) is 27.7 Å². The van der Waals surface area contributed by atoms with Crippen molar-refractivity contribution in [2.75, 3.05) is 33.3 Å². The monoisotopic (exact) mass is 436 g/mol. The van der Waals surface area contributed by atoms with E-state index < -0.39 is 5.92 Å². The largest absolute Gasteiger partial charge is 0.492 e. The van der Waals surface area contributed by atoms with Crippen molar-refractivity contribution in [2.24, 2.45) is 0 Å². The summed E-state index contributed by atoms with van der Waals surface area (Å²) in [4.78, 5) is 26.3. The van der Waals surface area contributed by atoms with Gasteiger partial charge in [-0.1, -0.05) is 11.2 Å². The molecule has 5 rings (SSSR count). The zero-order valence-electron chi connectivity index (χ0n) is 18.2. The maximum atomic E-state index is 12.4. The van der Waals surface area contributed by atoms with Crippen molar-refractivity contribution < 1.29 is 18.8 Å². The fourth-order valence-electron chi connectivity index (χ4n) is 4.79. The molecule has 0 unspecified atom stereocenters. The molecular formula is C24H28N4O4. The number of nitrogens with one attached hydrogen (secondary N) is 2. The van der Waals surface area contributed by atoms with Crippen LogP contribution in [0.15, 0.2) is 34.9 Å². The Morgan fingerprint density at radius 3 is 2.81 bits per heavy atom. The molecule has 2 aromatic carbocycles. The van der Waals surface area contributed by atoms with E-state index in [0.717, 1.165) is 41.5 Å². The molecule has 2 aliphatic rings. The quantitative estimate of drug-likeness (QED) is 0.573. The molecular weight excluding hydrogens is 408 g/mol. The van der Waals surface area contributed by atoms with Gasteiger partial charge < -0.3 is 14.6 Å². The summed E-state index contributed by atoms with van der Waals surface area (Å²) in [5, 5.41) is 12.8. The van der Waals surface area contributed by atoms with Crippen LogP contribution in [0.5, 0.6) is 5.75 Å². The van der Waals surface area contributed by atoms with Gasteiger partial charge in [-0.25, -0.2) is 0 Å². The number of nitrogens with zero attached hydrogens (tertiary/aromatic N) is 2. The average Bonchev–Trinajstić information content (AvgIpc) is 3.24. The van der Waals surface area contributed by atoms with Gasteiger partial charge in [0.2, 0.25) is 11.8 Å². The number of aromatic nitrogens is 1. The highest BCUT2D eigenvalue weighted by molar-refractivity contribution is 6.10. The normalized spacial score (nSPS) is 20.2. The van der Waals surface area contributed by atoms with Crippen LogP contribution in [-0.2, 0) is 9.59 Å². The van der Waals surface area contributed by atoms with Gasteiger partial charge in [0.1, 0.15) is 18.1 Å². The van der Waals surface area contributed by atoms with Gasteiger partial charge >= 0.3 is 0 Å². The van der Waals surface area contributed by atoms with E-state index in [1.807, 2.05) is 30.3 Å². The maximum Gasteiger partial charge on any atom is 0.235 e. The molecule has 3 aromatic rings. The Bertz CT molecular complexity index is 1150. The second-order valence-corrected chi connectivity index (χ2v) is 8.70. The first-order valence-corrected chi connectivity index (χ1v) is 11.3. The van der Waals surface area contributed by atoms with Crippen LogP contribution in [-0.4, -0.2) is 61.2 Å². The zero-order valence-corrected chi connectivity index (χ0v) is 18.2. The Labute approximate surface area is 186 Å². The molecule has 8 nitrogen and oxygen atoms in total. The van der Waals surface area contributed by atoms with Gasteiger partial charge in [0.15, 0.2) is 5.58 Å². The Hall–Kier alpha value is -2.97. The minimum Gasteiger partial charge on any atom is -0.492 e. The molecule has 1 atom stereocenters. The van der Waals surface area contributed by atoms with Crippen molar-refractivity contribution >= 4 is 33.6 Å². The highest BCUT2D eigenvalue weighted by Crippen LogP contribution is 2.36. The van der Waals surface area contributed by atoms with E-state index in [1.165, 1.54) is 12.8 Å². The van der Waals surface area contributed by atoms with Crippen molar-refractivity contribution in [3.8, 4) is 5.75 Å². The van der Waals surface area contributed by atoms with Crippen LogP contribution in [0.2, 0.25) is 0 Å². The summed E-state index contributed by atoms with van der Waals surface area (Å²) >= 11 is 0. The van der Waals surface area contributed by atoms with Crippen LogP contribution in [0.25, 0.3) is 21.7 Å². The third kappa shape index (κ3) is 4.08. The first kappa shape index (κ1) is 20.9. The standard InChI is InChI=1S/C24H28N4O4/c1-28(16-8-10-25-11-9-16)12-13-31-17-3-4-18-15(14-17)2-6-20-22(18)23(27-32-20)19-5-7-21(29)26-24(19)30/h2-4,6,14,16,19,25H,5,7-13H2,1H3,(H,26,29,30)/t19-/m1/s1. The summed E-state index contributed by atoms with van der Waals surface area (Å²) in [6.07, 6.45) is 3.10. The number of rotatable bonds is 6. The summed E-state index contributed by atoms with van der Waals surface area (Å²) in [5.41, 5.74) is 1.22. The van der Waals surface area contributed by atoms with Gasteiger partial charge in [0, 0.05) is 19.0 Å². The van der Waals surface area contributed by atoms with Gasteiger partial charge in [-0.15, -0.1) is 0 Å². The maximum absolute atomic E-state index is 12.4. The van der Waals surface area contributed by atoms with Crippen molar-refractivity contribution in [1.82, 2.24) is 20.7 Å². The Kier molecular flexibility index (Phi) is 5.80. The highest BCUT2D eigenvalue weighted by Gasteiger charge is 2.32. The van der Waals surface area contributed by atoms with Crippen molar-refractivity contribution in [3.63, 3.8) is 0 Å². The lowest BCUT2D eigenvalue weighted by atomic mass is 9.91. The Morgan fingerprint density at radius 2 is 2.00 bits per heavy atom. The molecule has 1 aromatic heterocycles. The summed E-state index contributed by atoms with van der Waals surface area (Å²) in [5.74, 6) is -0.224. The lowest BCUT2D eigenvalue weighted by Crippen LogP contribution is -2.42. The van der Waals surface area contributed by atoms with Gasteiger partial charge in [-0.05, 0) is 74.4 Å². The van der Waals surface area contributed by atoms with E-state index in [0.29, 0.717) is 36.8 Å². The van der Waals surface area contributed by atoms with E-state index in [4.69, 9.17) is 9.26 Å². The highest BCUT2D eigenvalue weighted by atomic mass is 16.5. The zero-order chi connectivity index (χ0) is 22.1. The number of carbonyl (C=O) groups is 2. The van der Waals surface area contributed by atoms with E-state index in [9.17, 15) is 9.59 Å². The number of imide groups is 1. The number of ether oxygens (including phenoxy) is 1. The molecule has 0 saturated carbocycles. The molecule has 168 valence electrons.